The van der Waals surface area contributed by atoms with E-state index < -0.39 is 0 Å². The Balaban J connectivity index is 2.07. The largest absolute Gasteiger partial charge is 0.480 e. The van der Waals surface area contributed by atoms with E-state index in [9.17, 15) is 0 Å². The van der Waals surface area contributed by atoms with Gasteiger partial charge in [-0.3, -0.25) is 4.98 Å². The van der Waals surface area contributed by atoms with Crippen LogP contribution in [-0.2, 0) is 0 Å². The lowest BCUT2D eigenvalue weighted by atomic mass is 10.2. The molecule has 0 unspecified atom stereocenters. The molecular weight excluding hydrogens is 336 g/mol. The van der Waals surface area contributed by atoms with Crippen molar-refractivity contribution in [2.45, 2.75) is 0 Å². The van der Waals surface area contributed by atoms with Crippen LogP contribution in [0.15, 0.2) is 53.1 Å². The zero-order chi connectivity index (χ0) is 13.9. The fourth-order valence-corrected chi connectivity index (χ4v) is 3.11. The number of rotatable bonds is 3. The van der Waals surface area contributed by atoms with Crippen LogP contribution in [0.1, 0.15) is 0 Å². The summed E-state index contributed by atoms with van der Waals surface area (Å²) in [7, 11) is 1.64. The second kappa shape index (κ2) is 5.73. The highest BCUT2D eigenvalue weighted by atomic mass is 79.9. The van der Waals surface area contributed by atoms with Gasteiger partial charge in [0.25, 0.3) is 0 Å². The summed E-state index contributed by atoms with van der Waals surface area (Å²) in [5.74, 6) is 0.637. The molecule has 3 nitrogen and oxygen atoms in total. The molecule has 100 valence electrons. The predicted octanol–water partition coefficient (Wildman–Crippen LogP) is 4.64. The number of pyridine rings is 1. The molecule has 0 fully saturated rings. The Morgan fingerprint density at radius 3 is 2.55 bits per heavy atom. The van der Waals surface area contributed by atoms with E-state index in [0.717, 1.165) is 25.6 Å². The molecule has 2 heterocycles. The van der Waals surface area contributed by atoms with Gasteiger partial charge in [-0.25, -0.2) is 0 Å². The lowest BCUT2D eigenvalue weighted by Crippen LogP contribution is -1.86. The number of hydrogen-bond donors (Lipinski definition) is 0. The highest BCUT2D eigenvalue weighted by Crippen LogP contribution is 2.39. The molecule has 0 aliphatic heterocycles. The quantitative estimate of drug-likeness (QED) is 0.692. The van der Waals surface area contributed by atoms with Gasteiger partial charge in [0.1, 0.15) is 5.01 Å². The molecule has 1 aromatic carbocycles. The van der Waals surface area contributed by atoms with E-state index in [1.54, 1.807) is 24.6 Å². The minimum Gasteiger partial charge on any atom is -0.480 e. The summed E-state index contributed by atoms with van der Waals surface area (Å²) in [6.07, 6.45) is 1.77. The Labute approximate surface area is 129 Å². The van der Waals surface area contributed by atoms with Crippen LogP contribution in [0.2, 0.25) is 0 Å². The summed E-state index contributed by atoms with van der Waals surface area (Å²) >= 11 is 5.02. The van der Waals surface area contributed by atoms with Crippen molar-refractivity contribution in [2.75, 3.05) is 7.11 Å². The highest BCUT2D eigenvalue weighted by Gasteiger charge is 2.15. The summed E-state index contributed by atoms with van der Waals surface area (Å²) in [5.41, 5.74) is 1.95. The van der Waals surface area contributed by atoms with E-state index in [0.29, 0.717) is 5.88 Å². The first-order chi connectivity index (χ1) is 9.78. The van der Waals surface area contributed by atoms with Crippen LogP contribution in [0.25, 0.3) is 21.1 Å². The van der Waals surface area contributed by atoms with Crippen molar-refractivity contribution in [3.05, 3.63) is 53.1 Å². The molecule has 3 rings (SSSR count). The Bertz CT molecular complexity index is 710. The smallest absolute Gasteiger partial charge is 0.232 e. The number of ether oxygens (including phenoxy) is 1. The number of halogens is 1. The maximum atomic E-state index is 5.39. The molecule has 0 amide bonds. The van der Waals surface area contributed by atoms with Crippen molar-refractivity contribution in [3.8, 4) is 27.0 Å². The number of aromatic nitrogens is 2. The van der Waals surface area contributed by atoms with Gasteiger partial charge < -0.3 is 4.74 Å². The third-order valence-electron chi connectivity index (χ3n) is 2.78. The molecule has 0 spiro atoms. The van der Waals surface area contributed by atoms with E-state index >= 15 is 0 Å². The fraction of sp³-hybridized carbons (Fsp3) is 0.0667. The first kappa shape index (κ1) is 13.3. The van der Waals surface area contributed by atoms with E-state index in [2.05, 4.69) is 25.9 Å². The summed E-state index contributed by atoms with van der Waals surface area (Å²) in [6.45, 7) is 0. The summed E-state index contributed by atoms with van der Waals surface area (Å²) in [4.78, 5) is 9.86. The zero-order valence-electron chi connectivity index (χ0n) is 10.7. The molecule has 0 bridgehead atoms. The molecule has 0 saturated carbocycles. The number of thiazole rings is 1. The predicted molar refractivity (Wildman–Crippen MR) is 85.0 cm³/mol. The lowest BCUT2D eigenvalue weighted by molar-refractivity contribution is 0.402. The average molecular weight is 347 g/mol. The maximum absolute atomic E-state index is 5.39. The van der Waals surface area contributed by atoms with Gasteiger partial charge in [-0.2, -0.15) is 4.98 Å². The number of benzene rings is 1. The second-order valence-corrected chi connectivity index (χ2v) is 5.99. The Hall–Kier alpha value is -1.72. The van der Waals surface area contributed by atoms with Crippen molar-refractivity contribution in [2.24, 2.45) is 0 Å². The molecule has 0 aliphatic rings. The third kappa shape index (κ3) is 2.59. The van der Waals surface area contributed by atoms with E-state index in [-0.39, 0.29) is 0 Å². The van der Waals surface area contributed by atoms with Crippen LogP contribution in [0.5, 0.6) is 5.88 Å². The van der Waals surface area contributed by atoms with Crippen molar-refractivity contribution >= 4 is 27.3 Å². The average Bonchev–Trinajstić information content (AvgIpc) is 2.93. The van der Waals surface area contributed by atoms with Crippen molar-refractivity contribution in [1.29, 1.82) is 0 Å². The van der Waals surface area contributed by atoms with Gasteiger partial charge >= 0.3 is 0 Å². The van der Waals surface area contributed by atoms with Gasteiger partial charge in [0.15, 0.2) is 0 Å². The van der Waals surface area contributed by atoms with Crippen molar-refractivity contribution in [1.82, 2.24) is 9.97 Å². The summed E-state index contributed by atoms with van der Waals surface area (Å²) < 4.78 is 6.44. The Morgan fingerprint density at radius 1 is 1.10 bits per heavy atom. The molecule has 0 N–H and O–H groups in total. The van der Waals surface area contributed by atoms with Crippen LogP contribution >= 0.6 is 27.3 Å². The molecule has 20 heavy (non-hydrogen) atoms. The summed E-state index contributed by atoms with van der Waals surface area (Å²) in [5, 5.41) is 0.861. The molecule has 3 aromatic rings. The molecule has 5 heteroatoms. The number of methoxy groups -OCH3 is 1. The Morgan fingerprint density at radius 2 is 1.90 bits per heavy atom. The Kier molecular flexibility index (Phi) is 3.80. The van der Waals surface area contributed by atoms with Crippen LogP contribution in [0.3, 0.4) is 0 Å². The normalized spacial score (nSPS) is 10.5. The number of hydrogen-bond acceptors (Lipinski definition) is 4. The van der Waals surface area contributed by atoms with Gasteiger partial charge in [-0.1, -0.05) is 34.1 Å². The third-order valence-corrected chi connectivity index (χ3v) is 4.42. The second-order valence-electron chi connectivity index (χ2n) is 4.08. The van der Waals surface area contributed by atoms with Crippen LogP contribution < -0.4 is 4.74 Å². The van der Waals surface area contributed by atoms with Gasteiger partial charge in [0.2, 0.25) is 5.88 Å². The molecular formula is C15H11BrN2OS. The van der Waals surface area contributed by atoms with E-state index in [1.165, 1.54) is 0 Å². The minimum atomic E-state index is 0.637. The number of nitrogens with zero attached hydrogens (tertiary/aromatic N) is 2. The SMILES string of the molecule is COc1nc(-c2ccccn2)sc1-c1ccc(Br)cc1. The zero-order valence-corrected chi connectivity index (χ0v) is 13.1. The minimum absolute atomic E-state index is 0.637. The summed E-state index contributed by atoms with van der Waals surface area (Å²) in [6, 6.07) is 13.9. The fourth-order valence-electron chi connectivity index (χ4n) is 1.83. The van der Waals surface area contributed by atoms with Crippen LogP contribution in [0.4, 0.5) is 0 Å². The van der Waals surface area contributed by atoms with Crippen LogP contribution in [-0.4, -0.2) is 17.1 Å². The molecule has 0 aliphatic carbocycles. The molecule has 0 atom stereocenters. The van der Waals surface area contributed by atoms with Gasteiger partial charge in [-0.15, -0.1) is 11.3 Å². The molecule has 0 saturated heterocycles. The van der Waals surface area contributed by atoms with E-state index in [1.807, 2.05) is 42.5 Å². The molecule has 2 aromatic heterocycles. The van der Waals surface area contributed by atoms with Gasteiger partial charge in [0, 0.05) is 10.7 Å². The monoisotopic (exact) mass is 346 g/mol. The van der Waals surface area contributed by atoms with Crippen molar-refractivity contribution < 1.29 is 4.74 Å². The van der Waals surface area contributed by atoms with Crippen molar-refractivity contribution in [3.63, 3.8) is 0 Å². The highest BCUT2D eigenvalue weighted by molar-refractivity contribution is 9.10. The van der Waals surface area contributed by atoms with Crippen LogP contribution in [0, 0.1) is 0 Å². The first-order valence-electron chi connectivity index (χ1n) is 6.00. The molecule has 0 radical (unpaired) electrons. The lowest BCUT2D eigenvalue weighted by Gasteiger charge is -2.00. The topological polar surface area (TPSA) is 35.0 Å². The van der Waals surface area contributed by atoms with E-state index in [4.69, 9.17) is 4.74 Å². The maximum Gasteiger partial charge on any atom is 0.232 e. The van der Waals surface area contributed by atoms with Gasteiger partial charge in [0.05, 0.1) is 17.7 Å². The first-order valence-corrected chi connectivity index (χ1v) is 7.61. The standard InChI is InChI=1S/C15H11BrN2OS/c1-19-14-13(10-5-7-11(16)8-6-10)20-15(18-14)12-4-2-3-9-17-12/h2-9H,1H3. The van der Waals surface area contributed by atoms with Gasteiger partial charge in [-0.05, 0) is 29.8 Å².